The van der Waals surface area contributed by atoms with Crippen molar-refractivity contribution in [2.45, 2.75) is 26.4 Å². The van der Waals surface area contributed by atoms with Crippen LogP contribution >= 0.6 is 0 Å². The number of aromatic nitrogens is 2. The molecule has 0 radical (unpaired) electrons. The Bertz CT molecular complexity index is 1000. The molecule has 1 aromatic carbocycles. The van der Waals surface area contributed by atoms with E-state index in [1.54, 1.807) is 24.3 Å². The summed E-state index contributed by atoms with van der Waals surface area (Å²) in [7, 11) is 1.32. The number of nitrogens with one attached hydrogen (secondary N) is 1. The minimum absolute atomic E-state index is 0.158. The van der Waals surface area contributed by atoms with Gasteiger partial charge in [0.15, 0.2) is 0 Å². The Morgan fingerprint density at radius 1 is 1.20 bits per heavy atom. The van der Waals surface area contributed by atoms with Gasteiger partial charge in [0.1, 0.15) is 5.82 Å². The van der Waals surface area contributed by atoms with Crippen LogP contribution in [0.1, 0.15) is 41.4 Å². The van der Waals surface area contributed by atoms with Crippen LogP contribution in [-0.4, -0.2) is 53.8 Å². The van der Waals surface area contributed by atoms with Crippen molar-refractivity contribution < 1.29 is 14.3 Å². The van der Waals surface area contributed by atoms with Crippen molar-refractivity contribution in [3.8, 4) is 0 Å². The molecule has 1 fully saturated rings. The molecule has 1 aromatic heterocycles. The van der Waals surface area contributed by atoms with Crippen LogP contribution in [0.25, 0.3) is 0 Å². The number of hydrogen-bond acceptors (Lipinski definition) is 7. The fourth-order valence-electron chi connectivity index (χ4n) is 3.73. The molecule has 9 heteroatoms. The van der Waals surface area contributed by atoms with Gasteiger partial charge < -0.3 is 15.2 Å². The number of benzene rings is 1. The molecule has 1 unspecified atom stereocenters. The van der Waals surface area contributed by atoms with E-state index in [-0.39, 0.29) is 11.7 Å². The molecule has 1 aliphatic rings. The van der Waals surface area contributed by atoms with Gasteiger partial charge in [-0.3, -0.25) is 19.2 Å². The summed E-state index contributed by atoms with van der Waals surface area (Å²) < 4.78 is 11.6. The zero-order chi connectivity index (χ0) is 21.8. The Balaban J connectivity index is 2.15. The maximum absolute atomic E-state index is 12.9. The molecule has 162 valence electrons. The molecule has 0 saturated carbocycles. The molecule has 0 aliphatic carbocycles. The summed E-state index contributed by atoms with van der Waals surface area (Å²) >= 11 is 0. The van der Waals surface area contributed by atoms with Crippen LogP contribution < -0.4 is 17.0 Å². The van der Waals surface area contributed by atoms with E-state index in [1.165, 1.54) is 11.7 Å². The first-order chi connectivity index (χ1) is 14.3. The Labute approximate surface area is 174 Å². The van der Waals surface area contributed by atoms with E-state index < -0.39 is 23.3 Å². The van der Waals surface area contributed by atoms with Crippen LogP contribution in [0.5, 0.6) is 0 Å². The van der Waals surface area contributed by atoms with Crippen molar-refractivity contribution in [2.75, 3.05) is 39.1 Å². The quantitative estimate of drug-likeness (QED) is 0.674. The molecule has 2 aromatic rings. The van der Waals surface area contributed by atoms with Crippen molar-refractivity contribution in [1.29, 1.82) is 0 Å². The van der Waals surface area contributed by atoms with Crippen LogP contribution in [0, 0.1) is 5.92 Å². The second kappa shape index (κ2) is 9.27. The number of nitrogen functional groups attached to an aromatic ring is 1. The highest BCUT2D eigenvalue weighted by Gasteiger charge is 2.30. The van der Waals surface area contributed by atoms with Crippen molar-refractivity contribution >= 4 is 11.8 Å². The van der Waals surface area contributed by atoms with Gasteiger partial charge in [0.2, 0.25) is 0 Å². The van der Waals surface area contributed by atoms with Gasteiger partial charge in [0, 0.05) is 19.6 Å². The molecular formula is C21H28N4O5. The van der Waals surface area contributed by atoms with Crippen LogP contribution in [0.2, 0.25) is 0 Å². The van der Waals surface area contributed by atoms with Crippen LogP contribution in [0.15, 0.2) is 33.9 Å². The number of esters is 1. The first-order valence-corrected chi connectivity index (χ1v) is 9.96. The second-order valence-electron chi connectivity index (χ2n) is 7.73. The maximum Gasteiger partial charge on any atom is 0.337 e. The molecule has 1 saturated heterocycles. The number of ether oxygens (including phenoxy) is 2. The number of methoxy groups -OCH3 is 1. The number of hydrogen-bond donors (Lipinski definition) is 2. The Morgan fingerprint density at radius 3 is 2.40 bits per heavy atom. The number of morpholine rings is 1. The van der Waals surface area contributed by atoms with Gasteiger partial charge in [-0.1, -0.05) is 26.0 Å². The maximum atomic E-state index is 12.9. The number of anilines is 1. The topological polar surface area (TPSA) is 120 Å². The summed E-state index contributed by atoms with van der Waals surface area (Å²) in [6.45, 7) is 6.60. The third kappa shape index (κ3) is 4.47. The molecule has 1 atom stereocenters. The van der Waals surface area contributed by atoms with E-state index in [9.17, 15) is 14.4 Å². The molecule has 0 amide bonds. The summed E-state index contributed by atoms with van der Waals surface area (Å²) in [5, 5.41) is 0. The van der Waals surface area contributed by atoms with Gasteiger partial charge in [0.25, 0.3) is 5.56 Å². The van der Waals surface area contributed by atoms with Crippen molar-refractivity contribution in [1.82, 2.24) is 14.5 Å². The van der Waals surface area contributed by atoms with E-state index >= 15 is 0 Å². The molecule has 3 N–H and O–H groups in total. The summed E-state index contributed by atoms with van der Waals surface area (Å²) in [4.78, 5) is 41.6. The minimum atomic E-state index is -0.517. The van der Waals surface area contributed by atoms with E-state index in [4.69, 9.17) is 15.2 Å². The predicted molar refractivity (Wildman–Crippen MR) is 113 cm³/mol. The van der Waals surface area contributed by atoms with Gasteiger partial charge in [0.05, 0.1) is 37.5 Å². The van der Waals surface area contributed by atoms with Gasteiger partial charge in [-0.2, -0.15) is 0 Å². The zero-order valence-corrected chi connectivity index (χ0v) is 17.5. The molecule has 3 rings (SSSR count). The molecule has 2 heterocycles. The lowest BCUT2D eigenvalue weighted by atomic mass is 9.96. The van der Waals surface area contributed by atoms with Gasteiger partial charge in [-0.05, 0) is 23.6 Å². The fourth-order valence-corrected chi connectivity index (χ4v) is 3.73. The number of rotatable bonds is 6. The van der Waals surface area contributed by atoms with E-state index in [0.717, 1.165) is 5.56 Å². The fraction of sp³-hybridized carbons (Fsp3) is 0.476. The van der Waals surface area contributed by atoms with Gasteiger partial charge >= 0.3 is 11.7 Å². The standard InChI is InChI=1S/C21H28N4O5/c1-13(2)12-25-18(22)16(19(26)23-21(25)28)17(24-8-10-30-11-9-24)14-4-6-15(7-5-14)20(27)29-3/h4-7,13,17H,8-12,22H2,1-3H3,(H,23,26,28). The SMILES string of the molecule is COC(=O)c1ccc(C(c2c(N)n(CC(C)C)c(=O)[nH]c2=O)N2CCOCC2)cc1. The number of nitrogens with zero attached hydrogens (tertiary/aromatic N) is 2. The predicted octanol–water partition coefficient (Wildman–Crippen LogP) is 0.983. The summed E-state index contributed by atoms with van der Waals surface area (Å²) in [5.74, 6) is -0.108. The molecule has 0 spiro atoms. The normalized spacial score (nSPS) is 15.9. The van der Waals surface area contributed by atoms with Crippen LogP contribution in [0.3, 0.4) is 0 Å². The lowest BCUT2D eigenvalue weighted by molar-refractivity contribution is 0.0237. The van der Waals surface area contributed by atoms with Crippen molar-refractivity contribution in [3.05, 3.63) is 61.8 Å². The average Bonchev–Trinajstić information content (AvgIpc) is 2.74. The highest BCUT2D eigenvalue weighted by atomic mass is 16.5. The largest absolute Gasteiger partial charge is 0.465 e. The van der Waals surface area contributed by atoms with Crippen LogP contribution in [0.4, 0.5) is 5.82 Å². The van der Waals surface area contributed by atoms with E-state index in [2.05, 4.69) is 9.88 Å². The van der Waals surface area contributed by atoms with Gasteiger partial charge in [-0.25, -0.2) is 9.59 Å². The third-order valence-corrected chi connectivity index (χ3v) is 5.16. The van der Waals surface area contributed by atoms with Crippen LogP contribution in [-0.2, 0) is 16.0 Å². The number of H-pyrrole nitrogens is 1. The highest BCUT2D eigenvalue weighted by Crippen LogP contribution is 2.30. The van der Waals surface area contributed by atoms with E-state index in [0.29, 0.717) is 44.0 Å². The number of nitrogens with two attached hydrogens (primary N) is 1. The summed E-state index contributed by atoms with van der Waals surface area (Å²) in [6, 6.07) is 6.39. The summed E-state index contributed by atoms with van der Waals surface area (Å²) in [5.41, 5.74) is 6.88. The number of carbonyl (C=O) groups is 1. The first-order valence-electron chi connectivity index (χ1n) is 9.96. The molecule has 9 nitrogen and oxygen atoms in total. The average molecular weight is 416 g/mol. The minimum Gasteiger partial charge on any atom is -0.465 e. The molecule has 30 heavy (non-hydrogen) atoms. The zero-order valence-electron chi connectivity index (χ0n) is 17.5. The molecule has 1 aliphatic heterocycles. The Hall–Kier alpha value is -2.91. The molecule has 0 bridgehead atoms. The second-order valence-corrected chi connectivity index (χ2v) is 7.73. The molecular weight excluding hydrogens is 388 g/mol. The van der Waals surface area contributed by atoms with Gasteiger partial charge in [-0.15, -0.1) is 0 Å². The first kappa shape index (κ1) is 21.8. The highest BCUT2D eigenvalue weighted by molar-refractivity contribution is 5.89. The smallest absolute Gasteiger partial charge is 0.337 e. The Morgan fingerprint density at radius 2 is 1.83 bits per heavy atom. The lowest BCUT2D eigenvalue weighted by Crippen LogP contribution is -2.44. The number of carbonyl (C=O) groups excluding carboxylic acids is 1. The van der Waals surface area contributed by atoms with Crippen molar-refractivity contribution in [3.63, 3.8) is 0 Å². The third-order valence-electron chi connectivity index (χ3n) is 5.16. The summed E-state index contributed by atoms with van der Waals surface area (Å²) in [6.07, 6.45) is 0. The van der Waals surface area contributed by atoms with E-state index in [1.807, 2.05) is 13.8 Å². The number of aromatic amines is 1. The lowest BCUT2D eigenvalue weighted by Gasteiger charge is -2.35. The van der Waals surface area contributed by atoms with Crippen molar-refractivity contribution in [2.24, 2.45) is 5.92 Å². The monoisotopic (exact) mass is 416 g/mol. The Kier molecular flexibility index (Phi) is 6.73.